The van der Waals surface area contributed by atoms with E-state index < -0.39 is 12.1 Å². The zero-order chi connectivity index (χ0) is 25.4. The van der Waals surface area contributed by atoms with Crippen molar-refractivity contribution >= 4 is 17.7 Å². The number of benzene rings is 2. The van der Waals surface area contributed by atoms with Crippen molar-refractivity contribution in [1.82, 2.24) is 15.5 Å². The van der Waals surface area contributed by atoms with Crippen molar-refractivity contribution in [3.63, 3.8) is 0 Å². The van der Waals surface area contributed by atoms with Gasteiger partial charge in [-0.1, -0.05) is 74.5 Å². The number of carbonyl (C=O) groups is 3. The molecule has 1 saturated heterocycles. The zero-order valence-electron chi connectivity index (χ0n) is 20.9. The van der Waals surface area contributed by atoms with Crippen LogP contribution in [0.4, 0.5) is 0 Å². The van der Waals surface area contributed by atoms with Crippen LogP contribution in [0.3, 0.4) is 0 Å². The van der Waals surface area contributed by atoms with Gasteiger partial charge in [0.1, 0.15) is 6.04 Å². The maximum Gasteiger partial charge on any atom is 0.243 e. The molecule has 0 unspecified atom stereocenters. The summed E-state index contributed by atoms with van der Waals surface area (Å²) in [5.41, 5.74) is 8.21. The number of nitrogens with two attached hydrogens (primary N) is 1. The minimum absolute atomic E-state index is 0.0559. The van der Waals surface area contributed by atoms with Gasteiger partial charge < -0.3 is 21.3 Å². The summed E-state index contributed by atoms with van der Waals surface area (Å²) in [5, 5.41) is 5.98. The highest BCUT2D eigenvalue weighted by atomic mass is 16.2. The number of nitrogens with zero attached hydrogens (tertiary/aromatic N) is 1. The molecule has 7 heteroatoms. The summed E-state index contributed by atoms with van der Waals surface area (Å²) in [6.07, 6.45) is 1.61. The maximum absolute atomic E-state index is 13.0. The molecular formula is C28H38N4O3. The van der Waals surface area contributed by atoms with Crippen molar-refractivity contribution in [2.24, 2.45) is 17.6 Å². The molecule has 0 aromatic heterocycles. The monoisotopic (exact) mass is 478 g/mol. The molecule has 1 fully saturated rings. The van der Waals surface area contributed by atoms with Gasteiger partial charge >= 0.3 is 0 Å². The summed E-state index contributed by atoms with van der Waals surface area (Å²) >= 11 is 0. The van der Waals surface area contributed by atoms with Gasteiger partial charge in [0, 0.05) is 19.0 Å². The van der Waals surface area contributed by atoms with Crippen molar-refractivity contribution in [2.45, 2.75) is 58.2 Å². The maximum atomic E-state index is 13.0. The number of carbonyl (C=O) groups excluding carboxylic acids is 3. The first-order valence-electron chi connectivity index (χ1n) is 12.5. The molecule has 4 N–H and O–H groups in total. The lowest BCUT2D eigenvalue weighted by atomic mass is 9.93. The predicted octanol–water partition coefficient (Wildman–Crippen LogP) is 2.81. The summed E-state index contributed by atoms with van der Waals surface area (Å²) in [7, 11) is 0. The van der Waals surface area contributed by atoms with Crippen molar-refractivity contribution in [3.8, 4) is 0 Å². The highest BCUT2D eigenvalue weighted by molar-refractivity contribution is 5.89. The number of nitrogens with one attached hydrogen (secondary N) is 2. The molecule has 7 nitrogen and oxygen atoms in total. The van der Waals surface area contributed by atoms with Gasteiger partial charge in [-0.2, -0.15) is 0 Å². The SMILES string of the molecule is CC(C)[C@H](NC(=O)C1CCN(C(=O)[C@@H](N)Cc2ccccc2)CC1)C(=O)N[C@H](C)c1ccccc1. The highest BCUT2D eigenvalue weighted by Crippen LogP contribution is 2.20. The summed E-state index contributed by atoms with van der Waals surface area (Å²) in [4.78, 5) is 40.5. The van der Waals surface area contributed by atoms with Crippen molar-refractivity contribution < 1.29 is 14.4 Å². The largest absolute Gasteiger partial charge is 0.348 e. The minimum Gasteiger partial charge on any atom is -0.348 e. The van der Waals surface area contributed by atoms with E-state index in [-0.39, 0.29) is 35.6 Å². The van der Waals surface area contributed by atoms with Crippen molar-refractivity contribution in [1.29, 1.82) is 0 Å². The van der Waals surface area contributed by atoms with Gasteiger partial charge in [-0.15, -0.1) is 0 Å². The van der Waals surface area contributed by atoms with E-state index in [1.54, 1.807) is 4.90 Å². The third-order valence-corrected chi connectivity index (χ3v) is 6.70. The molecule has 1 heterocycles. The number of hydrogen-bond acceptors (Lipinski definition) is 4. The summed E-state index contributed by atoms with van der Waals surface area (Å²) < 4.78 is 0. The van der Waals surface area contributed by atoms with Crippen molar-refractivity contribution in [2.75, 3.05) is 13.1 Å². The molecule has 0 spiro atoms. The molecule has 188 valence electrons. The topological polar surface area (TPSA) is 105 Å². The fraction of sp³-hybridized carbons (Fsp3) is 0.464. The third-order valence-electron chi connectivity index (χ3n) is 6.70. The van der Waals surface area contributed by atoms with Crippen LogP contribution < -0.4 is 16.4 Å². The Morgan fingerprint density at radius 3 is 2.06 bits per heavy atom. The van der Waals surface area contributed by atoms with Crippen LogP contribution in [-0.4, -0.2) is 47.8 Å². The molecule has 0 saturated carbocycles. The van der Waals surface area contributed by atoms with Gasteiger partial charge in [0.15, 0.2) is 0 Å². The Bertz CT molecular complexity index is 972. The first kappa shape index (κ1) is 26.4. The number of likely N-dealkylation sites (tertiary alicyclic amines) is 1. The van der Waals surface area contributed by atoms with E-state index >= 15 is 0 Å². The van der Waals surface area contributed by atoms with Crippen LogP contribution in [0.5, 0.6) is 0 Å². The quantitative estimate of drug-likeness (QED) is 0.515. The normalized spacial score (nSPS) is 16.9. The van der Waals surface area contributed by atoms with Crippen LogP contribution in [0, 0.1) is 11.8 Å². The predicted molar refractivity (Wildman–Crippen MR) is 137 cm³/mol. The van der Waals surface area contributed by atoms with Crippen LogP contribution >= 0.6 is 0 Å². The summed E-state index contributed by atoms with van der Waals surface area (Å²) in [6.45, 7) is 6.76. The molecule has 3 rings (SSSR count). The Labute approximate surface area is 208 Å². The zero-order valence-corrected chi connectivity index (χ0v) is 20.9. The first-order valence-corrected chi connectivity index (χ1v) is 12.5. The van der Waals surface area contributed by atoms with Gasteiger partial charge in [0.2, 0.25) is 17.7 Å². The van der Waals surface area contributed by atoms with E-state index in [2.05, 4.69) is 10.6 Å². The Hall–Kier alpha value is -3.19. The number of rotatable bonds is 9. The van der Waals surface area contributed by atoms with Crippen LogP contribution in [0.1, 0.15) is 50.8 Å². The first-order chi connectivity index (χ1) is 16.8. The second-order valence-corrected chi connectivity index (χ2v) is 9.77. The van der Waals surface area contributed by atoms with E-state index in [0.717, 1.165) is 11.1 Å². The number of amides is 3. The molecule has 3 amide bonds. The van der Waals surface area contributed by atoms with E-state index in [1.165, 1.54) is 0 Å². The third kappa shape index (κ3) is 7.39. The number of piperidine rings is 1. The fourth-order valence-electron chi connectivity index (χ4n) is 4.49. The van der Waals surface area contributed by atoms with Crippen molar-refractivity contribution in [3.05, 3.63) is 71.8 Å². The lowest BCUT2D eigenvalue weighted by Crippen LogP contribution is -2.53. The van der Waals surface area contributed by atoms with Gasteiger partial charge in [-0.05, 0) is 43.2 Å². The Morgan fingerprint density at radius 1 is 0.914 bits per heavy atom. The molecule has 0 aliphatic carbocycles. The standard InChI is InChI=1S/C28H38N4O3/c1-19(2)25(27(34)30-20(3)22-12-8-5-9-13-22)31-26(33)23-14-16-32(17-15-23)28(35)24(29)18-21-10-6-4-7-11-21/h4-13,19-20,23-25H,14-18,29H2,1-3H3,(H,30,34)(H,31,33)/t20-,24+,25+/m1/s1. The molecule has 0 radical (unpaired) electrons. The lowest BCUT2D eigenvalue weighted by molar-refractivity contribution is -0.137. The summed E-state index contributed by atoms with van der Waals surface area (Å²) in [6, 6.07) is 18.1. The lowest BCUT2D eigenvalue weighted by Gasteiger charge is -2.34. The molecule has 35 heavy (non-hydrogen) atoms. The van der Waals surface area contributed by atoms with E-state index in [9.17, 15) is 14.4 Å². The van der Waals surface area contributed by atoms with Gasteiger partial charge in [0.05, 0.1) is 12.1 Å². The smallest absolute Gasteiger partial charge is 0.243 e. The molecule has 2 aromatic carbocycles. The van der Waals surface area contributed by atoms with Gasteiger partial charge in [-0.25, -0.2) is 0 Å². The Balaban J connectivity index is 1.50. The second kappa shape index (κ2) is 12.5. The van der Waals surface area contributed by atoms with Gasteiger partial charge in [0.25, 0.3) is 0 Å². The molecule has 2 aromatic rings. The van der Waals surface area contributed by atoms with Crippen LogP contribution in [-0.2, 0) is 20.8 Å². The van der Waals surface area contributed by atoms with E-state index in [4.69, 9.17) is 5.73 Å². The Morgan fingerprint density at radius 2 is 1.49 bits per heavy atom. The minimum atomic E-state index is -0.618. The van der Waals surface area contributed by atoms with Crippen LogP contribution in [0.15, 0.2) is 60.7 Å². The molecule has 0 bridgehead atoms. The van der Waals surface area contributed by atoms with E-state index in [0.29, 0.717) is 32.4 Å². The molecule has 1 aliphatic heterocycles. The van der Waals surface area contributed by atoms with Crippen LogP contribution in [0.2, 0.25) is 0 Å². The average Bonchev–Trinajstić information content (AvgIpc) is 2.87. The fourth-order valence-corrected chi connectivity index (χ4v) is 4.49. The highest BCUT2D eigenvalue weighted by Gasteiger charge is 2.32. The molecular weight excluding hydrogens is 440 g/mol. The average molecular weight is 479 g/mol. The molecule has 1 aliphatic rings. The van der Waals surface area contributed by atoms with Gasteiger partial charge in [-0.3, -0.25) is 14.4 Å². The number of hydrogen-bond donors (Lipinski definition) is 3. The molecule has 3 atom stereocenters. The summed E-state index contributed by atoms with van der Waals surface area (Å²) in [5.74, 6) is -0.692. The second-order valence-electron chi connectivity index (χ2n) is 9.77. The van der Waals surface area contributed by atoms with Crippen LogP contribution in [0.25, 0.3) is 0 Å². The van der Waals surface area contributed by atoms with E-state index in [1.807, 2.05) is 81.4 Å². The Kier molecular flexibility index (Phi) is 9.43.